The van der Waals surface area contributed by atoms with E-state index in [0.717, 1.165) is 11.3 Å². The van der Waals surface area contributed by atoms with Gasteiger partial charge in [-0.2, -0.15) is 5.10 Å². The van der Waals surface area contributed by atoms with Gasteiger partial charge in [-0.05, 0) is 36.6 Å². The van der Waals surface area contributed by atoms with Crippen LogP contribution in [0.3, 0.4) is 0 Å². The molecular weight excluding hydrogens is 244 g/mol. The van der Waals surface area contributed by atoms with E-state index in [0.29, 0.717) is 18.9 Å². The molecule has 19 heavy (non-hydrogen) atoms. The van der Waals surface area contributed by atoms with Gasteiger partial charge in [0, 0.05) is 6.54 Å². The number of aromatic nitrogens is 3. The minimum Gasteiger partial charge on any atom is -0.496 e. The van der Waals surface area contributed by atoms with Crippen molar-refractivity contribution in [3.8, 4) is 5.75 Å². The summed E-state index contributed by atoms with van der Waals surface area (Å²) in [4.78, 5) is 13.5. The van der Waals surface area contributed by atoms with E-state index in [1.165, 1.54) is 11.1 Å². The number of rotatable bonds is 5. The number of aryl methyl sites for hydroxylation is 2. The Balaban J connectivity index is 1.99. The van der Waals surface area contributed by atoms with Crippen molar-refractivity contribution in [3.63, 3.8) is 0 Å². The highest BCUT2D eigenvalue weighted by atomic mass is 16.5. The van der Waals surface area contributed by atoms with E-state index in [1.54, 1.807) is 7.11 Å². The number of hydrogen-bond donors (Lipinski definition) is 3. The van der Waals surface area contributed by atoms with Crippen molar-refractivity contribution in [2.45, 2.75) is 26.9 Å². The Labute approximate surface area is 111 Å². The molecule has 6 nitrogen and oxygen atoms in total. The molecule has 102 valence electrons. The van der Waals surface area contributed by atoms with E-state index in [2.05, 4.69) is 33.5 Å². The first-order valence-electron chi connectivity index (χ1n) is 6.08. The molecule has 0 saturated heterocycles. The number of methoxy groups -OCH3 is 1. The Morgan fingerprint density at radius 1 is 1.26 bits per heavy atom. The number of hydrogen-bond acceptors (Lipinski definition) is 4. The van der Waals surface area contributed by atoms with Crippen molar-refractivity contribution in [2.24, 2.45) is 0 Å². The molecule has 1 heterocycles. The molecule has 0 atom stereocenters. The average molecular weight is 262 g/mol. The third kappa shape index (κ3) is 3.23. The van der Waals surface area contributed by atoms with Crippen LogP contribution in [0.2, 0.25) is 0 Å². The second-order valence-corrected chi connectivity index (χ2v) is 4.48. The molecule has 0 aliphatic heterocycles. The first kappa shape index (κ1) is 13.4. The van der Waals surface area contributed by atoms with Crippen LogP contribution in [0.15, 0.2) is 16.9 Å². The smallest absolute Gasteiger partial charge is 0.340 e. The fourth-order valence-electron chi connectivity index (χ4n) is 1.96. The van der Waals surface area contributed by atoms with Crippen molar-refractivity contribution < 1.29 is 4.74 Å². The molecule has 0 amide bonds. The van der Waals surface area contributed by atoms with Crippen LogP contribution in [0.5, 0.6) is 5.75 Å². The van der Waals surface area contributed by atoms with Crippen LogP contribution in [0.4, 0.5) is 0 Å². The molecule has 0 aliphatic carbocycles. The third-order valence-corrected chi connectivity index (χ3v) is 3.01. The molecule has 0 unspecified atom stereocenters. The minimum atomic E-state index is -0.284. The first-order valence-corrected chi connectivity index (χ1v) is 6.08. The summed E-state index contributed by atoms with van der Waals surface area (Å²) in [6, 6.07) is 4.14. The highest BCUT2D eigenvalue weighted by Gasteiger charge is 2.05. The lowest BCUT2D eigenvalue weighted by Crippen LogP contribution is -2.15. The van der Waals surface area contributed by atoms with Crippen molar-refractivity contribution in [1.29, 1.82) is 0 Å². The molecule has 1 aromatic heterocycles. The Bertz CT molecular complexity index is 615. The lowest BCUT2D eigenvalue weighted by Gasteiger charge is -2.11. The molecule has 1 aromatic carbocycles. The molecule has 2 aromatic rings. The normalized spacial score (nSPS) is 10.7. The van der Waals surface area contributed by atoms with Gasteiger partial charge in [-0.1, -0.05) is 6.07 Å². The van der Waals surface area contributed by atoms with Crippen LogP contribution in [0, 0.1) is 13.8 Å². The zero-order valence-corrected chi connectivity index (χ0v) is 11.3. The average Bonchev–Trinajstić information content (AvgIpc) is 2.79. The predicted octanol–water partition coefficient (Wildman–Crippen LogP) is 1.01. The summed E-state index contributed by atoms with van der Waals surface area (Å²) >= 11 is 0. The van der Waals surface area contributed by atoms with Crippen LogP contribution >= 0.6 is 0 Å². The molecule has 0 bridgehead atoms. The van der Waals surface area contributed by atoms with E-state index >= 15 is 0 Å². The van der Waals surface area contributed by atoms with E-state index < -0.39 is 0 Å². The number of nitrogens with one attached hydrogen (secondary N) is 3. The summed E-state index contributed by atoms with van der Waals surface area (Å²) in [6.07, 6.45) is 0. The summed E-state index contributed by atoms with van der Waals surface area (Å²) in [5, 5.41) is 9.42. The summed E-state index contributed by atoms with van der Waals surface area (Å²) in [7, 11) is 1.67. The first-order chi connectivity index (χ1) is 9.10. The number of aromatic amines is 2. The molecule has 0 aliphatic rings. The molecule has 0 fully saturated rings. The maximum absolute atomic E-state index is 10.9. The highest BCUT2D eigenvalue weighted by molar-refractivity contribution is 5.41. The zero-order valence-electron chi connectivity index (χ0n) is 11.3. The van der Waals surface area contributed by atoms with Gasteiger partial charge < -0.3 is 10.1 Å². The van der Waals surface area contributed by atoms with Crippen LogP contribution in [0.1, 0.15) is 22.5 Å². The van der Waals surface area contributed by atoms with E-state index in [9.17, 15) is 4.79 Å². The van der Waals surface area contributed by atoms with Gasteiger partial charge in [-0.25, -0.2) is 9.89 Å². The second-order valence-electron chi connectivity index (χ2n) is 4.48. The van der Waals surface area contributed by atoms with Gasteiger partial charge in [-0.3, -0.25) is 4.98 Å². The molecule has 2 rings (SSSR count). The molecule has 0 spiro atoms. The van der Waals surface area contributed by atoms with E-state index in [4.69, 9.17) is 4.74 Å². The van der Waals surface area contributed by atoms with Crippen LogP contribution < -0.4 is 15.7 Å². The van der Waals surface area contributed by atoms with Crippen molar-refractivity contribution in [1.82, 2.24) is 20.5 Å². The summed E-state index contributed by atoms with van der Waals surface area (Å²) < 4.78 is 5.28. The maximum Gasteiger partial charge on any atom is 0.340 e. The molecule has 3 N–H and O–H groups in total. The Morgan fingerprint density at radius 3 is 2.68 bits per heavy atom. The fourth-order valence-corrected chi connectivity index (χ4v) is 1.96. The van der Waals surface area contributed by atoms with Crippen LogP contribution in [-0.2, 0) is 13.1 Å². The summed E-state index contributed by atoms with van der Waals surface area (Å²) in [5.41, 5.74) is 3.20. The van der Waals surface area contributed by atoms with Crippen LogP contribution in [0.25, 0.3) is 0 Å². The topological polar surface area (TPSA) is 82.8 Å². The monoisotopic (exact) mass is 262 g/mol. The van der Waals surface area contributed by atoms with Crippen molar-refractivity contribution in [2.75, 3.05) is 7.11 Å². The molecule has 0 radical (unpaired) electrons. The lowest BCUT2D eigenvalue weighted by atomic mass is 10.0. The fraction of sp³-hybridized carbons (Fsp3) is 0.385. The third-order valence-electron chi connectivity index (χ3n) is 3.01. The second kappa shape index (κ2) is 5.71. The molecule has 0 saturated carbocycles. The zero-order chi connectivity index (χ0) is 13.8. The van der Waals surface area contributed by atoms with Gasteiger partial charge in [0.1, 0.15) is 11.6 Å². The Hall–Kier alpha value is -2.08. The van der Waals surface area contributed by atoms with Crippen molar-refractivity contribution >= 4 is 0 Å². The summed E-state index contributed by atoms with van der Waals surface area (Å²) in [6.45, 7) is 5.30. The summed E-state index contributed by atoms with van der Waals surface area (Å²) in [5.74, 6) is 1.51. The number of ether oxygens (including phenoxy) is 1. The number of benzene rings is 1. The number of H-pyrrole nitrogens is 2. The largest absolute Gasteiger partial charge is 0.496 e. The van der Waals surface area contributed by atoms with Gasteiger partial charge in [-0.15, -0.1) is 0 Å². The standard InChI is InChI=1S/C13H18N4O2/c1-8-5-11(19-3)9(2)4-10(8)6-14-7-12-15-13(18)17-16-12/h4-5,14H,6-7H2,1-3H3,(H2,15,16,17,18). The van der Waals surface area contributed by atoms with Gasteiger partial charge in [0.25, 0.3) is 0 Å². The quantitative estimate of drug-likeness (QED) is 0.751. The minimum absolute atomic E-state index is 0.284. The lowest BCUT2D eigenvalue weighted by molar-refractivity contribution is 0.411. The van der Waals surface area contributed by atoms with Gasteiger partial charge in [0.2, 0.25) is 0 Å². The molecule has 6 heteroatoms. The van der Waals surface area contributed by atoms with Gasteiger partial charge in [0.05, 0.1) is 13.7 Å². The molecular formula is C13H18N4O2. The maximum atomic E-state index is 10.9. The van der Waals surface area contributed by atoms with Gasteiger partial charge in [0.15, 0.2) is 0 Å². The Morgan fingerprint density at radius 2 is 2.05 bits per heavy atom. The Kier molecular flexibility index (Phi) is 4.01. The van der Waals surface area contributed by atoms with Crippen molar-refractivity contribution in [3.05, 3.63) is 45.1 Å². The predicted molar refractivity (Wildman–Crippen MR) is 72.2 cm³/mol. The van der Waals surface area contributed by atoms with E-state index in [1.807, 2.05) is 13.0 Å². The highest BCUT2D eigenvalue weighted by Crippen LogP contribution is 2.22. The van der Waals surface area contributed by atoms with E-state index in [-0.39, 0.29) is 5.69 Å². The number of nitrogens with zero attached hydrogens (tertiary/aromatic N) is 1. The van der Waals surface area contributed by atoms with Gasteiger partial charge >= 0.3 is 5.69 Å². The SMILES string of the molecule is COc1cc(C)c(CNCc2n[nH]c(=O)[nH]2)cc1C. The van der Waals surface area contributed by atoms with Crippen LogP contribution in [-0.4, -0.2) is 22.3 Å².